The molecular formula is C17H21NO2. The van der Waals surface area contributed by atoms with E-state index in [1.54, 1.807) is 0 Å². The van der Waals surface area contributed by atoms with Gasteiger partial charge in [-0.05, 0) is 35.2 Å². The summed E-state index contributed by atoms with van der Waals surface area (Å²) in [6, 6.07) is 13.7. The van der Waals surface area contributed by atoms with Crippen molar-refractivity contribution >= 4 is 16.7 Å². The second-order valence-corrected chi connectivity index (χ2v) is 5.40. The second-order valence-electron chi connectivity index (χ2n) is 5.40. The topological polar surface area (TPSA) is 49.3 Å². The first-order chi connectivity index (χ1) is 9.61. The molecule has 2 N–H and O–H groups in total. The van der Waals surface area contributed by atoms with Gasteiger partial charge in [-0.15, -0.1) is 0 Å². The molecule has 0 aliphatic rings. The monoisotopic (exact) mass is 271 g/mol. The molecule has 0 radical (unpaired) electrons. The minimum absolute atomic E-state index is 0.000953. The van der Waals surface area contributed by atoms with Crippen molar-refractivity contribution in [2.24, 2.45) is 5.92 Å². The van der Waals surface area contributed by atoms with Gasteiger partial charge >= 0.3 is 0 Å². The van der Waals surface area contributed by atoms with E-state index in [0.717, 1.165) is 10.8 Å². The Morgan fingerprint density at radius 3 is 2.50 bits per heavy atom. The summed E-state index contributed by atoms with van der Waals surface area (Å²) in [5, 5.41) is 14.2. The molecule has 1 unspecified atom stereocenters. The number of hydrogen-bond acceptors (Lipinski definition) is 2. The van der Waals surface area contributed by atoms with Crippen LogP contribution in [-0.4, -0.2) is 23.7 Å². The Kier molecular flexibility index (Phi) is 4.74. The number of carbonyl (C=O) groups excluding carboxylic acids is 1. The molecule has 3 nitrogen and oxygen atoms in total. The molecule has 0 bridgehead atoms. The van der Waals surface area contributed by atoms with Gasteiger partial charge in [0.25, 0.3) is 5.91 Å². The Bertz CT molecular complexity index is 592. The lowest BCUT2D eigenvalue weighted by molar-refractivity contribution is 0.0917. The molecule has 0 saturated heterocycles. The molecule has 0 aromatic heterocycles. The van der Waals surface area contributed by atoms with Crippen LogP contribution >= 0.6 is 0 Å². The first-order valence-corrected chi connectivity index (χ1v) is 7.02. The number of hydrogen-bond donors (Lipinski definition) is 2. The number of aliphatic hydroxyl groups excluding tert-OH is 1. The number of benzene rings is 2. The number of carbonyl (C=O) groups is 1. The number of aliphatic hydroxyl groups is 1. The van der Waals surface area contributed by atoms with Gasteiger partial charge in [-0.1, -0.05) is 44.2 Å². The predicted molar refractivity (Wildman–Crippen MR) is 81.7 cm³/mol. The van der Waals surface area contributed by atoms with Crippen LogP contribution < -0.4 is 5.32 Å². The van der Waals surface area contributed by atoms with Crippen LogP contribution in [-0.2, 0) is 0 Å². The van der Waals surface area contributed by atoms with Gasteiger partial charge in [-0.25, -0.2) is 0 Å². The van der Waals surface area contributed by atoms with E-state index >= 15 is 0 Å². The molecule has 1 atom stereocenters. The largest absolute Gasteiger partial charge is 0.396 e. The normalized spacial score (nSPS) is 12.6. The van der Waals surface area contributed by atoms with E-state index in [0.29, 0.717) is 17.9 Å². The molecule has 0 fully saturated rings. The highest BCUT2D eigenvalue weighted by Gasteiger charge is 2.16. The average molecular weight is 271 g/mol. The molecular weight excluding hydrogens is 250 g/mol. The average Bonchev–Trinajstić information content (AvgIpc) is 2.46. The quantitative estimate of drug-likeness (QED) is 0.878. The molecule has 106 valence electrons. The molecule has 0 spiro atoms. The first-order valence-electron chi connectivity index (χ1n) is 7.02. The highest BCUT2D eigenvalue weighted by molar-refractivity contribution is 5.98. The third-order valence-corrected chi connectivity index (χ3v) is 3.57. The van der Waals surface area contributed by atoms with Gasteiger partial charge in [0, 0.05) is 18.2 Å². The van der Waals surface area contributed by atoms with Gasteiger partial charge in [0.2, 0.25) is 0 Å². The molecule has 1 amide bonds. The molecule has 2 aromatic rings. The van der Waals surface area contributed by atoms with Crippen LogP contribution in [0.3, 0.4) is 0 Å². The lowest BCUT2D eigenvalue weighted by Crippen LogP contribution is -2.39. The van der Waals surface area contributed by atoms with E-state index in [9.17, 15) is 4.79 Å². The molecule has 3 heteroatoms. The summed E-state index contributed by atoms with van der Waals surface area (Å²) >= 11 is 0. The Morgan fingerprint density at radius 2 is 1.85 bits per heavy atom. The Balaban J connectivity index is 2.18. The Hall–Kier alpha value is -1.87. The molecule has 0 aliphatic heterocycles. The maximum atomic E-state index is 12.3. The second kappa shape index (κ2) is 6.53. The van der Waals surface area contributed by atoms with Gasteiger partial charge in [-0.3, -0.25) is 4.79 Å². The van der Waals surface area contributed by atoms with E-state index in [1.165, 1.54) is 0 Å². The molecule has 2 aromatic carbocycles. The Labute approximate surface area is 119 Å². The standard InChI is InChI=1S/C17H21NO2/c1-12(2)16(9-10-19)18-17(20)15-8-7-13-5-3-4-6-14(13)11-15/h3-8,11-12,16,19H,9-10H2,1-2H3,(H,18,20). The maximum Gasteiger partial charge on any atom is 0.251 e. The van der Waals surface area contributed by atoms with Gasteiger partial charge in [-0.2, -0.15) is 0 Å². The van der Waals surface area contributed by atoms with Crippen molar-refractivity contribution in [2.75, 3.05) is 6.61 Å². The van der Waals surface area contributed by atoms with E-state index < -0.39 is 0 Å². The van der Waals surface area contributed by atoms with E-state index in [-0.39, 0.29) is 18.6 Å². The van der Waals surface area contributed by atoms with E-state index in [1.807, 2.05) is 56.3 Å². The van der Waals surface area contributed by atoms with Crippen molar-refractivity contribution in [3.05, 3.63) is 48.0 Å². The molecule has 0 saturated carbocycles. The lowest BCUT2D eigenvalue weighted by Gasteiger charge is -2.21. The predicted octanol–water partition coefficient (Wildman–Crippen LogP) is 2.98. The molecule has 0 aliphatic carbocycles. The summed E-state index contributed by atoms with van der Waals surface area (Å²) in [4.78, 5) is 12.3. The minimum atomic E-state index is -0.0806. The Morgan fingerprint density at radius 1 is 1.15 bits per heavy atom. The fourth-order valence-corrected chi connectivity index (χ4v) is 2.29. The first kappa shape index (κ1) is 14.5. The summed E-state index contributed by atoms with van der Waals surface area (Å²) in [6.45, 7) is 4.17. The number of amides is 1. The van der Waals surface area contributed by atoms with E-state index in [4.69, 9.17) is 5.11 Å². The molecule has 2 rings (SSSR count). The summed E-state index contributed by atoms with van der Waals surface area (Å²) < 4.78 is 0. The van der Waals surface area contributed by atoms with E-state index in [2.05, 4.69) is 5.32 Å². The number of nitrogens with one attached hydrogen (secondary N) is 1. The van der Waals surface area contributed by atoms with Gasteiger partial charge in [0.05, 0.1) is 0 Å². The van der Waals surface area contributed by atoms with Crippen molar-refractivity contribution in [2.45, 2.75) is 26.3 Å². The van der Waals surface area contributed by atoms with Crippen LogP contribution in [0.25, 0.3) is 10.8 Å². The molecule has 0 heterocycles. The number of rotatable bonds is 5. The fourth-order valence-electron chi connectivity index (χ4n) is 2.29. The third kappa shape index (κ3) is 3.36. The van der Waals surface area contributed by atoms with Crippen LogP contribution in [0.2, 0.25) is 0 Å². The van der Waals surface area contributed by atoms with Crippen molar-refractivity contribution in [3.8, 4) is 0 Å². The minimum Gasteiger partial charge on any atom is -0.396 e. The van der Waals surface area contributed by atoms with Crippen molar-refractivity contribution in [3.63, 3.8) is 0 Å². The van der Waals surface area contributed by atoms with Gasteiger partial charge in [0.15, 0.2) is 0 Å². The van der Waals surface area contributed by atoms with Gasteiger partial charge in [0.1, 0.15) is 0 Å². The summed E-state index contributed by atoms with van der Waals surface area (Å²) in [6.07, 6.45) is 0.580. The maximum absolute atomic E-state index is 12.3. The van der Waals surface area contributed by atoms with Crippen molar-refractivity contribution in [1.82, 2.24) is 5.32 Å². The van der Waals surface area contributed by atoms with Crippen LogP contribution in [0.15, 0.2) is 42.5 Å². The van der Waals surface area contributed by atoms with Crippen LogP contribution in [0.1, 0.15) is 30.6 Å². The highest BCUT2D eigenvalue weighted by Crippen LogP contribution is 2.16. The van der Waals surface area contributed by atoms with Crippen LogP contribution in [0.5, 0.6) is 0 Å². The number of fused-ring (bicyclic) bond motifs is 1. The van der Waals surface area contributed by atoms with Crippen LogP contribution in [0, 0.1) is 5.92 Å². The zero-order chi connectivity index (χ0) is 14.5. The smallest absolute Gasteiger partial charge is 0.251 e. The highest BCUT2D eigenvalue weighted by atomic mass is 16.3. The summed E-state index contributed by atoms with van der Waals surface area (Å²) in [5.74, 6) is 0.217. The van der Waals surface area contributed by atoms with Crippen LogP contribution in [0.4, 0.5) is 0 Å². The SMILES string of the molecule is CC(C)C(CCO)NC(=O)c1ccc2ccccc2c1. The van der Waals surface area contributed by atoms with Gasteiger partial charge < -0.3 is 10.4 Å². The zero-order valence-electron chi connectivity index (χ0n) is 12.0. The lowest BCUT2D eigenvalue weighted by atomic mass is 10.0. The van der Waals surface area contributed by atoms with Crippen molar-refractivity contribution in [1.29, 1.82) is 0 Å². The zero-order valence-corrected chi connectivity index (χ0v) is 12.0. The molecule has 20 heavy (non-hydrogen) atoms. The third-order valence-electron chi connectivity index (χ3n) is 3.57. The summed E-state index contributed by atoms with van der Waals surface area (Å²) in [7, 11) is 0. The summed E-state index contributed by atoms with van der Waals surface area (Å²) in [5.41, 5.74) is 0.660. The fraction of sp³-hybridized carbons (Fsp3) is 0.353. The van der Waals surface area contributed by atoms with Crippen molar-refractivity contribution < 1.29 is 9.90 Å².